The van der Waals surface area contributed by atoms with E-state index < -0.39 is 6.17 Å². The van der Waals surface area contributed by atoms with Crippen LogP contribution in [0.15, 0.2) is 54.6 Å². The van der Waals surface area contributed by atoms with E-state index in [1.165, 1.54) is 0 Å². The van der Waals surface area contributed by atoms with Gasteiger partial charge in [0.05, 0.1) is 6.42 Å². The van der Waals surface area contributed by atoms with Gasteiger partial charge in [0.15, 0.2) is 0 Å². The standard InChI is InChI=1S/C19H21FN2O/c20-17-11-18(21-12-17)13-22-19(23)10-14-6-8-16(9-7-14)15-4-2-1-3-5-15/h1-9,17-18,21H,10-13H2,(H,22,23). The first-order valence-corrected chi connectivity index (χ1v) is 7.99. The predicted octanol–water partition coefficient (Wildman–Crippen LogP) is 2.71. The van der Waals surface area contributed by atoms with Crippen LogP contribution in [0.25, 0.3) is 11.1 Å². The highest BCUT2D eigenvalue weighted by Crippen LogP contribution is 2.19. The van der Waals surface area contributed by atoms with Crippen LogP contribution >= 0.6 is 0 Å². The summed E-state index contributed by atoms with van der Waals surface area (Å²) in [5, 5.41) is 5.93. The van der Waals surface area contributed by atoms with E-state index in [-0.39, 0.29) is 11.9 Å². The molecular weight excluding hydrogens is 291 g/mol. The van der Waals surface area contributed by atoms with Gasteiger partial charge in [-0.3, -0.25) is 4.79 Å². The van der Waals surface area contributed by atoms with E-state index in [1.807, 2.05) is 42.5 Å². The number of rotatable bonds is 5. The number of halogens is 1. The third-order valence-corrected chi connectivity index (χ3v) is 4.14. The lowest BCUT2D eigenvalue weighted by Crippen LogP contribution is -2.37. The average Bonchev–Trinajstić information content (AvgIpc) is 3.00. The minimum atomic E-state index is -0.789. The van der Waals surface area contributed by atoms with Gasteiger partial charge in [0, 0.05) is 19.1 Å². The fourth-order valence-electron chi connectivity index (χ4n) is 2.86. The van der Waals surface area contributed by atoms with E-state index in [4.69, 9.17) is 0 Å². The molecule has 23 heavy (non-hydrogen) atoms. The molecule has 1 aliphatic rings. The van der Waals surface area contributed by atoms with Gasteiger partial charge in [-0.1, -0.05) is 54.6 Å². The Balaban J connectivity index is 1.51. The Morgan fingerprint density at radius 2 is 1.78 bits per heavy atom. The maximum atomic E-state index is 13.0. The minimum absolute atomic E-state index is 0.0263. The summed E-state index contributed by atoms with van der Waals surface area (Å²) in [6, 6.07) is 18.2. The SMILES string of the molecule is O=C(Cc1ccc(-c2ccccc2)cc1)NCC1CC(F)CN1. The molecule has 2 N–H and O–H groups in total. The quantitative estimate of drug-likeness (QED) is 0.891. The maximum absolute atomic E-state index is 13.0. The molecule has 0 saturated carbocycles. The number of carbonyl (C=O) groups is 1. The number of nitrogens with one attached hydrogen (secondary N) is 2. The molecule has 0 aromatic heterocycles. The number of hydrogen-bond donors (Lipinski definition) is 2. The number of carbonyl (C=O) groups excluding carboxylic acids is 1. The van der Waals surface area contributed by atoms with Crippen LogP contribution < -0.4 is 10.6 Å². The number of alkyl halides is 1. The molecule has 0 bridgehead atoms. The van der Waals surface area contributed by atoms with Crippen molar-refractivity contribution in [3.8, 4) is 11.1 Å². The molecule has 2 atom stereocenters. The van der Waals surface area contributed by atoms with Crippen LogP contribution in [-0.4, -0.2) is 31.2 Å². The monoisotopic (exact) mass is 312 g/mol. The highest BCUT2D eigenvalue weighted by Gasteiger charge is 2.23. The van der Waals surface area contributed by atoms with Crippen LogP contribution in [0.4, 0.5) is 4.39 Å². The van der Waals surface area contributed by atoms with Crippen LogP contribution in [0.1, 0.15) is 12.0 Å². The van der Waals surface area contributed by atoms with Crippen LogP contribution in [-0.2, 0) is 11.2 Å². The summed E-state index contributed by atoms with van der Waals surface area (Å²) < 4.78 is 13.0. The first-order valence-electron chi connectivity index (χ1n) is 7.99. The molecule has 1 amide bonds. The van der Waals surface area contributed by atoms with Gasteiger partial charge in [0.2, 0.25) is 5.91 Å². The molecule has 120 valence electrons. The Morgan fingerprint density at radius 3 is 2.43 bits per heavy atom. The number of amides is 1. The van der Waals surface area contributed by atoms with E-state index in [1.54, 1.807) is 0 Å². The first-order chi connectivity index (χ1) is 11.2. The van der Waals surface area contributed by atoms with Crippen molar-refractivity contribution in [2.75, 3.05) is 13.1 Å². The average molecular weight is 312 g/mol. The van der Waals surface area contributed by atoms with E-state index in [9.17, 15) is 9.18 Å². The lowest BCUT2D eigenvalue weighted by molar-refractivity contribution is -0.120. The second-order valence-electron chi connectivity index (χ2n) is 5.98. The first kappa shape index (κ1) is 15.7. The molecule has 1 fully saturated rings. The lowest BCUT2D eigenvalue weighted by atomic mass is 10.0. The third kappa shape index (κ3) is 4.39. The van der Waals surface area contributed by atoms with E-state index in [2.05, 4.69) is 22.8 Å². The molecule has 1 saturated heterocycles. The smallest absolute Gasteiger partial charge is 0.224 e. The summed E-state index contributed by atoms with van der Waals surface area (Å²) in [5.41, 5.74) is 3.28. The van der Waals surface area contributed by atoms with Crippen LogP contribution in [0.3, 0.4) is 0 Å². The Labute approximate surface area is 135 Å². The lowest BCUT2D eigenvalue weighted by Gasteiger charge is -2.11. The van der Waals surface area contributed by atoms with Crippen molar-refractivity contribution in [2.24, 2.45) is 0 Å². The van der Waals surface area contributed by atoms with E-state index in [0.29, 0.717) is 25.9 Å². The van der Waals surface area contributed by atoms with Gasteiger partial charge in [-0.05, 0) is 23.1 Å². The molecule has 2 aromatic rings. The third-order valence-electron chi connectivity index (χ3n) is 4.14. The summed E-state index contributed by atoms with van der Waals surface area (Å²) in [6.07, 6.45) is 0.0369. The Kier molecular flexibility index (Phi) is 5.03. The van der Waals surface area contributed by atoms with Crippen molar-refractivity contribution in [2.45, 2.75) is 25.1 Å². The second-order valence-corrected chi connectivity index (χ2v) is 5.98. The summed E-state index contributed by atoms with van der Waals surface area (Å²) in [6.45, 7) is 0.878. The summed E-state index contributed by atoms with van der Waals surface area (Å²) in [7, 11) is 0. The molecule has 1 heterocycles. The fourth-order valence-corrected chi connectivity index (χ4v) is 2.86. The maximum Gasteiger partial charge on any atom is 0.224 e. The summed E-state index contributed by atoms with van der Waals surface area (Å²) >= 11 is 0. The highest BCUT2D eigenvalue weighted by molar-refractivity contribution is 5.78. The van der Waals surface area contributed by atoms with Gasteiger partial charge < -0.3 is 10.6 Å². The molecule has 0 radical (unpaired) electrons. The summed E-state index contributed by atoms with van der Waals surface area (Å²) in [5.74, 6) is -0.0263. The summed E-state index contributed by atoms with van der Waals surface area (Å²) in [4.78, 5) is 12.0. The molecule has 4 heteroatoms. The van der Waals surface area contributed by atoms with Gasteiger partial charge in [0.1, 0.15) is 6.17 Å². The zero-order valence-electron chi connectivity index (χ0n) is 13.0. The second kappa shape index (κ2) is 7.38. The Hall–Kier alpha value is -2.20. The molecule has 0 spiro atoms. The number of hydrogen-bond acceptors (Lipinski definition) is 2. The van der Waals surface area contributed by atoms with E-state index in [0.717, 1.165) is 16.7 Å². The van der Waals surface area contributed by atoms with Gasteiger partial charge in [-0.25, -0.2) is 4.39 Å². The van der Waals surface area contributed by atoms with Crippen LogP contribution in [0, 0.1) is 0 Å². The largest absolute Gasteiger partial charge is 0.354 e. The van der Waals surface area contributed by atoms with Crippen molar-refractivity contribution in [1.82, 2.24) is 10.6 Å². The number of benzene rings is 2. The molecule has 2 aromatic carbocycles. The zero-order chi connectivity index (χ0) is 16.1. The van der Waals surface area contributed by atoms with Gasteiger partial charge in [0.25, 0.3) is 0 Å². The Bertz CT molecular complexity index is 642. The molecular formula is C19H21FN2O. The normalized spacial score (nSPS) is 20.4. The van der Waals surface area contributed by atoms with Crippen molar-refractivity contribution in [3.05, 3.63) is 60.2 Å². The minimum Gasteiger partial charge on any atom is -0.354 e. The van der Waals surface area contributed by atoms with Gasteiger partial charge in [-0.2, -0.15) is 0 Å². The highest BCUT2D eigenvalue weighted by atomic mass is 19.1. The van der Waals surface area contributed by atoms with E-state index >= 15 is 0 Å². The molecule has 0 aliphatic carbocycles. The molecule has 1 aliphatic heterocycles. The molecule has 3 nitrogen and oxygen atoms in total. The van der Waals surface area contributed by atoms with Crippen molar-refractivity contribution in [3.63, 3.8) is 0 Å². The Morgan fingerprint density at radius 1 is 1.09 bits per heavy atom. The van der Waals surface area contributed by atoms with Crippen molar-refractivity contribution in [1.29, 1.82) is 0 Å². The fraction of sp³-hybridized carbons (Fsp3) is 0.316. The van der Waals surface area contributed by atoms with Crippen LogP contribution in [0.2, 0.25) is 0 Å². The van der Waals surface area contributed by atoms with Gasteiger partial charge >= 0.3 is 0 Å². The topological polar surface area (TPSA) is 41.1 Å². The van der Waals surface area contributed by atoms with Gasteiger partial charge in [-0.15, -0.1) is 0 Å². The van der Waals surface area contributed by atoms with Crippen molar-refractivity contribution >= 4 is 5.91 Å². The molecule has 3 rings (SSSR count). The zero-order valence-corrected chi connectivity index (χ0v) is 13.0. The van der Waals surface area contributed by atoms with Crippen LogP contribution in [0.5, 0.6) is 0 Å². The van der Waals surface area contributed by atoms with Crippen molar-refractivity contribution < 1.29 is 9.18 Å². The molecule has 2 unspecified atom stereocenters. The predicted molar refractivity (Wildman–Crippen MR) is 89.9 cm³/mol.